The van der Waals surface area contributed by atoms with E-state index in [1.165, 1.54) is 32.2 Å². The Bertz CT molecular complexity index is 1030. The van der Waals surface area contributed by atoms with Crippen molar-refractivity contribution in [2.75, 3.05) is 55.0 Å². The third kappa shape index (κ3) is 8.71. The van der Waals surface area contributed by atoms with Gasteiger partial charge in [-0.25, -0.2) is 0 Å². The first kappa shape index (κ1) is 37.7. The maximum absolute atomic E-state index is 14.2. The van der Waals surface area contributed by atoms with Crippen LogP contribution in [0.15, 0.2) is 0 Å². The van der Waals surface area contributed by atoms with Crippen LogP contribution in [0.3, 0.4) is 0 Å². The number of aliphatic hydroxyl groups is 1. The lowest BCUT2D eigenvalue weighted by molar-refractivity contribution is -0.295. The zero-order valence-corrected chi connectivity index (χ0v) is 30.7. The summed E-state index contributed by atoms with van der Waals surface area (Å²) in [6.45, 7) is 13.5. The number of rotatable bonds is 9. The Morgan fingerprint density at radius 3 is 2.26 bits per heavy atom. The van der Waals surface area contributed by atoms with Crippen LogP contribution in [0.5, 0.6) is 0 Å². The average Bonchev–Trinajstić information content (AvgIpc) is 3.78. The van der Waals surface area contributed by atoms with Gasteiger partial charge in [0.2, 0.25) is 0 Å². The van der Waals surface area contributed by atoms with Crippen molar-refractivity contribution in [2.24, 2.45) is 29.1 Å². The maximum atomic E-state index is 14.2. The number of esters is 1. The molecule has 2 aliphatic carbocycles. The molecule has 0 bridgehead atoms. The molecule has 0 unspecified atom stereocenters. The molecule has 0 aromatic carbocycles. The Morgan fingerprint density at radius 2 is 1.67 bits per heavy atom. The molecule has 0 spiro atoms. The molecule has 266 valence electrons. The van der Waals surface area contributed by atoms with Crippen LogP contribution in [-0.2, 0) is 28.5 Å². The molecule has 10 heteroatoms. The lowest BCUT2D eigenvalue weighted by Crippen LogP contribution is -2.59. The van der Waals surface area contributed by atoms with E-state index in [0.717, 1.165) is 18.9 Å². The van der Waals surface area contributed by atoms with Gasteiger partial charge in [0.25, 0.3) is 0 Å². The van der Waals surface area contributed by atoms with E-state index in [2.05, 4.69) is 30.8 Å². The highest BCUT2D eigenvalue weighted by molar-refractivity contribution is 6.04. The van der Waals surface area contributed by atoms with Gasteiger partial charge in [0.15, 0.2) is 12.1 Å². The molecule has 9 atom stereocenters. The predicted molar refractivity (Wildman–Crippen MR) is 178 cm³/mol. The normalized spacial score (nSPS) is 41.8. The Morgan fingerprint density at radius 1 is 1.02 bits per heavy atom. The second-order valence-corrected chi connectivity index (χ2v) is 16.5. The molecule has 10 nitrogen and oxygen atoms in total. The van der Waals surface area contributed by atoms with Gasteiger partial charge in [0.05, 0.1) is 17.8 Å². The van der Waals surface area contributed by atoms with Gasteiger partial charge in [-0.3, -0.25) is 14.5 Å². The molecule has 0 amide bonds. The van der Waals surface area contributed by atoms with Crippen molar-refractivity contribution < 1.29 is 33.6 Å². The van der Waals surface area contributed by atoms with E-state index in [-0.39, 0.29) is 36.5 Å². The van der Waals surface area contributed by atoms with Crippen molar-refractivity contribution in [3.05, 3.63) is 0 Å². The van der Waals surface area contributed by atoms with Crippen molar-refractivity contribution in [2.45, 2.75) is 135 Å². The second kappa shape index (κ2) is 15.2. The summed E-state index contributed by atoms with van der Waals surface area (Å²) in [6, 6.07) is 0.544. The third-order valence-electron chi connectivity index (χ3n) is 11.7. The highest BCUT2D eigenvalue weighted by atomic mass is 16.7. The van der Waals surface area contributed by atoms with Crippen LogP contribution in [0.1, 0.15) is 86.5 Å². The Labute approximate surface area is 278 Å². The molecule has 4 aliphatic rings. The fourth-order valence-electron chi connectivity index (χ4n) is 8.33. The molecule has 2 aliphatic heterocycles. The smallest absolute Gasteiger partial charge is 0.319 e. The van der Waals surface area contributed by atoms with Gasteiger partial charge in [-0.05, 0) is 119 Å². The number of ether oxygens (including phenoxy) is 4. The average molecular weight is 652 g/mol. The van der Waals surface area contributed by atoms with Gasteiger partial charge in [-0.2, -0.15) is 0 Å². The monoisotopic (exact) mass is 651 g/mol. The van der Waals surface area contributed by atoms with E-state index in [1.54, 1.807) is 27.9 Å². The lowest BCUT2D eigenvalue weighted by atomic mass is 9.74. The van der Waals surface area contributed by atoms with E-state index >= 15 is 0 Å². The number of ketones is 1. The van der Waals surface area contributed by atoms with Gasteiger partial charge < -0.3 is 33.9 Å². The van der Waals surface area contributed by atoms with Crippen molar-refractivity contribution in [3.63, 3.8) is 0 Å². The van der Waals surface area contributed by atoms with Gasteiger partial charge in [0.1, 0.15) is 18.1 Å². The maximum Gasteiger partial charge on any atom is 0.319 e. The summed E-state index contributed by atoms with van der Waals surface area (Å²) < 4.78 is 25.1. The molecule has 2 saturated heterocycles. The molecule has 0 aromatic rings. The van der Waals surface area contributed by atoms with Gasteiger partial charge in [-0.15, -0.1) is 0 Å². The van der Waals surface area contributed by atoms with Crippen molar-refractivity contribution in [1.29, 1.82) is 0 Å². The fraction of sp³-hybridized carbons (Fsp3) is 0.944. The second-order valence-electron chi connectivity index (χ2n) is 16.5. The van der Waals surface area contributed by atoms with E-state index in [1.807, 2.05) is 32.8 Å². The summed E-state index contributed by atoms with van der Waals surface area (Å²) in [7, 11) is 9.91. The van der Waals surface area contributed by atoms with Crippen LogP contribution >= 0.6 is 0 Å². The van der Waals surface area contributed by atoms with E-state index < -0.39 is 41.4 Å². The van der Waals surface area contributed by atoms with E-state index in [4.69, 9.17) is 18.9 Å². The minimum absolute atomic E-state index is 0.0613. The fourth-order valence-corrected chi connectivity index (χ4v) is 8.33. The van der Waals surface area contributed by atoms with Gasteiger partial charge >= 0.3 is 5.97 Å². The zero-order chi connectivity index (χ0) is 34.1. The molecular formula is C36H65N3O7. The van der Waals surface area contributed by atoms with Crippen LogP contribution < -0.4 is 0 Å². The Hall–Kier alpha value is -1.14. The number of aliphatic hydroxyl groups excluding tert-OH is 1. The number of Topliss-reactive ketones (excluding diaryl/α,β-unsaturated/α-hetero) is 1. The van der Waals surface area contributed by atoms with E-state index in [9.17, 15) is 14.7 Å². The van der Waals surface area contributed by atoms with Crippen molar-refractivity contribution in [1.82, 2.24) is 14.7 Å². The number of nitrogens with zero attached hydrogens (tertiary/aromatic N) is 3. The standard InChI is InChI=1S/C36H65N3O7/c1-22-18-36(6,43-11)32(46-33-30(40)29(37(7)8)14-23(2)45-33)24(3)31(41)35(4,5)34(42)44-21-28(38(9)19-22)17-26-15-27(16-26)39(10)20-25-12-13-25/h22-30,32-33,40H,12-21H2,1-11H3/t22-,23-,24+,26?,27?,28-,29+,30-,32-,33+,36-/m1/s1. The first-order valence-electron chi connectivity index (χ1n) is 17.8. The zero-order valence-electron chi connectivity index (χ0n) is 30.7. The van der Waals surface area contributed by atoms with Crippen molar-refractivity contribution >= 4 is 11.8 Å². The minimum Gasteiger partial charge on any atom is -0.463 e. The molecule has 1 N–H and O–H groups in total. The summed E-state index contributed by atoms with van der Waals surface area (Å²) in [5.41, 5.74) is -2.29. The summed E-state index contributed by atoms with van der Waals surface area (Å²) in [6.07, 6.45) is 4.56. The number of likely N-dealkylation sites (N-methyl/N-ethyl adjacent to an activating group) is 2. The van der Waals surface area contributed by atoms with Gasteiger partial charge in [0, 0.05) is 44.2 Å². The summed E-state index contributed by atoms with van der Waals surface area (Å²) in [5.74, 6) is 0.140. The quantitative estimate of drug-likeness (QED) is 0.293. The molecule has 4 fully saturated rings. The molecule has 2 heterocycles. The number of carbonyl (C=O) groups is 2. The summed E-state index contributed by atoms with van der Waals surface area (Å²) in [4.78, 5) is 34.8. The van der Waals surface area contributed by atoms with Crippen LogP contribution in [0, 0.1) is 29.1 Å². The summed E-state index contributed by atoms with van der Waals surface area (Å²) in [5, 5.41) is 11.3. The summed E-state index contributed by atoms with van der Waals surface area (Å²) >= 11 is 0. The van der Waals surface area contributed by atoms with Crippen LogP contribution in [0.25, 0.3) is 0 Å². The molecule has 0 aromatic heterocycles. The minimum atomic E-state index is -1.39. The lowest BCUT2D eigenvalue weighted by Gasteiger charge is -2.47. The molecule has 4 rings (SSSR count). The number of carbonyl (C=O) groups excluding carboxylic acids is 2. The topological polar surface area (TPSA) is 101 Å². The van der Waals surface area contributed by atoms with E-state index in [0.29, 0.717) is 24.8 Å². The molecular weight excluding hydrogens is 586 g/mol. The highest BCUT2D eigenvalue weighted by Crippen LogP contribution is 2.40. The van der Waals surface area contributed by atoms with Gasteiger partial charge in [-0.1, -0.05) is 13.8 Å². The molecule has 2 saturated carbocycles. The Balaban J connectivity index is 1.55. The number of hydrogen-bond acceptors (Lipinski definition) is 10. The SMILES string of the molecule is CO[C@]1(C)C[C@@H](C)CN(C)[C@H](CC2CC(N(C)CC3CC3)C2)COC(=O)C(C)(C)C(=O)[C@H](C)[C@H]1O[C@@H]1O[C@H](C)C[C@H](N(C)C)[C@H]1O. The molecule has 0 radical (unpaired) electrons. The highest BCUT2D eigenvalue weighted by Gasteiger charge is 2.51. The number of methoxy groups -OCH3 is 1. The largest absolute Gasteiger partial charge is 0.463 e. The Kier molecular flexibility index (Phi) is 12.4. The third-order valence-corrected chi connectivity index (χ3v) is 11.7. The first-order chi connectivity index (χ1) is 21.5. The number of cyclic esters (lactones) is 1. The van der Waals surface area contributed by atoms with Crippen molar-refractivity contribution in [3.8, 4) is 0 Å². The first-order valence-corrected chi connectivity index (χ1v) is 17.8. The van der Waals surface area contributed by atoms with Crippen LogP contribution in [0.4, 0.5) is 0 Å². The number of hydrogen-bond donors (Lipinski definition) is 1. The molecule has 46 heavy (non-hydrogen) atoms. The predicted octanol–water partition coefficient (Wildman–Crippen LogP) is 3.83. The van der Waals surface area contributed by atoms with Crippen LogP contribution in [0.2, 0.25) is 0 Å². The van der Waals surface area contributed by atoms with Crippen LogP contribution in [-0.4, -0.2) is 135 Å².